The zero-order chi connectivity index (χ0) is 14.5. The smallest absolute Gasteiger partial charge is 0.323 e. The van der Waals surface area contributed by atoms with E-state index in [1.807, 2.05) is 11.0 Å². The molecular weight excluding hydrogens is 259 g/mol. The molecule has 5 heteroatoms. The van der Waals surface area contributed by atoms with Crippen molar-refractivity contribution in [2.45, 2.75) is 31.8 Å². The fourth-order valence-corrected chi connectivity index (χ4v) is 2.62. The van der Waals surface area contributed by atoms with E-state index < -0.39 is 5.82 Å². The van der Waals surface area contributed by atoms with Gasteiger partial charge in [-0.25, -0.2) is 4.39 Å². The molecule has 0 bridgehead atoms. The van der Waals surface area contributed by atoms with Crippen molar-refractivity contribution < 1.29 is 13.9 Å². The lowest BCUT2D eigenvalue weighted by Crippen LogP contribution is -2.44. The zero-order valence-electron chi connectivity index (χ0n) is 11.4. The molecule has 1 aliphatic rings. The van der Waals surface area contributed by atoms with Crippen molar-refractivity contribution in [1.82, 2.24) is 4.90 Å². The van der Waals surface area contributed by atoms with Crippen LogP contribution in [-0.2, 0) is 16.1 Å². The Hall–Kier alpha value is -1.93. The number of ether oxygens (including phenoxy) is 1. The van der Waals surface area contributed by atoms with Crippen LogP contribution in [0.3, 0.4) is 0 Å². The lowest BCUT2D eigenvalue weighted by atomic mass is 10.0. The molecule has 1 atom stereocenters. The number of hydrogen-bond acceptors (Lipinski definition) is 4. The van der Waals surface area contributed by atoms with Gasteiger partial charge in [0.2, 0.25) is 0 Å². The van der Waals surface area contributed by atoms with Gasteiger partial charge in [-0.3, -0.25) is 9.69 Å². The van der Waals surface area contributed by atoms with Gasteiger partial charge >= 0.3 is 5.97 Å². The highest BCUT2D eigenvalue weighted by Gasteiger charge is 2.29. The summed E-state index contributed by atoms with van der Waals surface area (Å²) in [6, 6.07) is 5.94. The summed E-state index contributed by atoms with van der Waals surface area (Å²) in [5, 5.41) is 8.87. The lowest BCUT2D eigenvalue weighted by molar-refractivity contribution is -0.148. The highest BCUT2D eigenvalue weighted by atomic mass is 19.1. The third-order valence-electron chi connectivity index (χ3n) is 3.56. The molecule has 1 aliphatic heterocycles. The second-order valence-corrected chi connectivity index (χ2v) is 4.97. The third kappa shape index (κ3) is 3.34. The number of esters is 1. The molecule has 0 aromatic heterocycles. The number of likely N-dealkylation sites (tertiary alicyclic amines) is 1. The van der Waals surface area contributed by atoms with Crippen LogP contribution in [0.25, 0.3) is 0 Å². The zero-order valence-corrected chi connectivity index (χ0v) is 11.4. The second kappa shape index (κ2) is 6.49. The Morgan fingerprint density at radius 2 is 2.30 bits per heavy atom. The van der Waals surface area contributed by atoms with E-state index in [-0.39, 0.29) is 12.0 Å². The van der Waals surface area contributed by atoms with E-state index in [4.69, 9.17) is 10.00 Å². The summed E-state index contributed by atoms with van der Waals surface area (Å²) in [7, 11) is 1.38. The van der Waals surface area contributed by atoms with Gasteiger partial charge in [-0.2, -0.15) is 5.26 Å². The van der Waals surface area contributed by atoms with Crippen LogP contribution in [0.4, 0.5) is 4.39 Å². The number of rotatable bonds is 3. The molecule has 4 nitrogen and oxygen atoms in total. The Morgan fingerprint density at radius 3 is 3.00 bits per heavy atom. The number of halogens is 1. The predicted octanol–water partition coefficient (Wildman–Crippen LogP) is 2.22. The van der Waals surface area contributed by atoms with E-state index in [1.54, 1.807) is 6.07 Å². The Bertz CT molecular complexity index is 539. The molecule has 1 saturated heterocycles. The fourth-order valence-electron chi connectivity index (χ4n) is 2.62. The molecule has 1 heterocycles. The van der Waals surface area contributed by atoms with Gasteiger partial charge in [0.05, 0.1) is 18.7 Å². The highest BCUT2D eigenvalue weighted by molar-refractivity contribution is 5.75. The number of benzene rings is 1. The normalized spacial score (nSPS) is 19.4. The molecule has 0 unspecified atom stereocenters. The van der Waals surface area contributed by atoms with E-state index in [9.17, 15) is 9.18 Å². The maximum absolute atomic E-state index is 13.4. The SMILES string of the molecule is COC(=O)[C@H]1CCCCN1Cc1cc(F)cc(C#N)c1. The van der Waals surface area contributed by atoms with Crippen LogP contribution in [0.1, 0.15) is 30.4 Å². The number of methoxy groups -OCH3 is 1. The molecule has 106 valence electrons. The largest absolute Gasteiger partial charge is 0.468 e. The van der Waals surface area contributed by atoms with Crippen LogP contribution >= 0.6 is 0 Å². The summed E-state index contributed by atoms with van der Waals surface area (Å²) in [6.07, 6.45) is 2.75. The number of hydrogen-bond donors (Lipinski definition) is 0. The fraction of sp³-hybridized carbons (Fsp3) is 0.467. The first kappa shape index (κ1) is 14.5. The average molecular weight is 276 g/mol. The maximum Gasteiger partial charge on any atom is 0.323 e. The molecule has 20 heavy (non-hydrogen) atoms. The first-order valence-corrected chi connectivity index (χ1v) is 6.65. The quantitative estimate of drug-likeness (QED) is 0.794. The van der Waals surface area contributed by atoms with Gasteiger partial charge in [0.15, 0.2) is 0 Å². The van der Waals surface area contributed by atoms with Gasteiger partial charge in [0.25, 0.3) is 0 Å². The van der Waals surface area contributed by atoms with Gasteiger partial charge in [-0.15, -0.1) is 0 Å². The third-order valence-corrected chi connectivity index (χ3v) is 3.56. The average Bonchev–Trinajstić information content (AvgIpc) is 2.46. The van der Waals surface area contributed by atoms with Crippen LogP contribution < -0.4 is 0 Å². The molecule has 0 aliphatic carbocycles. The van der Waals surface area contributed by atoms with Gasteiger partial charge in [-0.05, 0) is 43.1 Å². The van der Waals surface area contributed by atoms with Crippen molar-refractivity contribution in [3.8, 4) is 6.07 Å². The van der Waals surface area contributed by atoms with E-state index in [2.05, 4.69) is 0 Å². The van der Waals surface area contributed by atoms with Crippen LogP contribution in [-0.4, -0.2) is 30.6 Å². The predicted molar refractivity (Wildman–Crippen MR) is 71.2 cm³/mol. The minimum Gasteiger partial charge on any atom is -0.468 e. The summed E-state index contributed by atoms with van der Waals surface area (Å²) in [6.45, 7) is 1.23. The van der Waals surface area contributed by atoms with Crippen molar-refractivity contribution in [3.63, 3.8) is 0 Å². The molecule has 1 aromatic rings. The van der Waals surface area contributed by atoms with E-state index >= 15 is 0 Å². The Morgan fingerprint density at radius 1 is 1.50 bits per heavy atom. The molecule has 0 spiro atoms. The Kier molecular flexibility index (Phi) is 4.70. The molecule has 2 rings (SSSR count). The molecule has 0 saturated carbocycles. The minimum atomic E-state index is -0.425. The summed E-state index contributed by atoms with van der Waals surface area (Å²) in [5.41, 5.74) is 1.00. The number of nitrogens with zero attached hydrogens (tertiary/aromatic N) is 2. The molecule has 1 fully saturated rings. The Labute approximate surface area is 117 Å². The minimum absolute atomic E-state index is 0.249. The van der Waals surface area contributed by atoms with Crippen molar-refractivity contribution in [2.24, 2.45) is 0 Å². The molecule has 0 N–H and O–H groups in total. The Balaban J connectivity index is 2.16. The van der Waals surface area contributed by atoms with E-state index in [1.165, 1.54) is 19.2 Å². The molecular formula is C15H17FN2O2. The number of carbonyl (C=O) groups excluding carboxylic acids is 1. The number of piperidine rings is 1. The van der Waals surface area contributed by atoms with Crippen molar-refractivity contribution in [3.05, 3.63) is 35.1 Å². The highest BCUT2D eigenvalue weighted by Crippen LogP contribution is 2.21. The first-order chi connectivity index (χ1) is 9.63. The van der Waals surface area contributed by atoms with Crippen LogP contribution in [0.5, 0.6) is 0 Å². The summed E-state index contributed by atoms with van der Waals surface area (Å²) in [5.74, 6) is -0.674. The summed E-state index contributed by atoms with van der Waals surface area (Å²) in [4.78, 5) is 13.8. The lowest BCUT2D eigenvalue weighted by Gasteiger charge is -2.33. The van der Waals surface area contributed by atoms with Crippen LogP contribution in [0, 0.1) is 17.1 Å². The molecule has 0 radical (unpaired) electrons. The van der Waals surface area contributed by atoms with Crippen molar-refractivity contribution >= 4 is 5.97 Å². The number of carbonyl (C=O) groups is 1. The standard InChI is InChI=1S/C15H17FN2O2/c1-20-15(19)14-4-2-3-5-18(14)10-12-6-11(9-17)7-13(16)8-12/h6-8,14H,2-5,10H2,1H3/t14-/m1/s1. The van der Waals surface area contributed by atoms with Crippen LogP contribution in [0.2, 0.25) is 0 Å². The van der Waals surface area contributed by atoms with E-state index in [0.29, 0.717) is 17.7 Å². The van der Waals surface area contributed by atoms with Gasteiger partial charge < -0.3 is 4.74 Å². The van der Waals surface area contributed by atoms with Crippen molar-refractivity contribution in [1.29, 1.82) is 5.26 Å². The summed E-state index contributed by atoms with van der Waals surface area (Å²) >= 11 is 0. The first-order valence-electron chi connectivity index (χ1n) is 6.65. The van der Waals surface area contributed by atoms with Gasteiger partial charge in [0.1, 0.15) is 11.9 Å². The molecule has 1 aromatic carbocycles. The van der Waals surface area contributed by atoms with Crippen molar-refractivity contribution in [2.75, 3.05) is 13.7 Å². The topological polar surface area (TPSA) is 53.3 Å². The summed E-state index contributed by atoms with van der Waals surface area (Å²) < 4.78 is 18.2. The second-order valence-electron chi connectivity index (χ2n) is 4.97. The molecule has 0 amide bonds. The van der Waals surface area contributed by atoms with Gasteiger partial charge in [-0.1, -0.05) is 6.42 Å². The monoisotopic (exact) mass is 276 g/mol. The number of nitriles is 1. The van der Waals surface area contributed by atoms with E-state index in [0.717, 1.165) is 25.8 Å². The van der Waals surface area contributed by atoms with Gasteiger partial charge in [0, 0.05) is 6.54 Å². The van der Waals surface area contributed by atoms with Crippen LogP contribution in [0.15, 0.2) is 18.2 Å². The maximum atomic E-state index is 13.4.